The van der Waals surface area contributed by atoms with Crippen molar-refractivity contribution in [1.29, 1.82) is 0 Å². The van der Waals surface area contributed by atoms with Crippen molar-refractivity contribution in [2.75, 3.05) is 32.8 Å². The number of carbonyl (C=O) groups excluding carboxylic acids is 3. The number of hydrogen-bond acceptors (Lipinski definition) is 6. The van der Waals surface area contributed by atoms with Gasteiger partial charge in [0.2, 0.25) is 17.7 Å². The number of nitrogens with zero attached hydrogens (tertiary/aromatic N) is 1. The van der Waals surface area contributed by atoms with Crippen molar-refractivity contribution in [2.24, 2.45) is 5.92 Å². The van der Waals surface area contributed by atoms with Crippen LogP contribution in [0.2, 0.25) is 0 Å². The topological polar surface area (TPSA) is 120 Å². The smallest absolute Gasteiger partial charge is 0.243 e. The molecule has 0 saturated carbocycles. The molecule has 4 rings (SSSR count). The van der Waals surface area contributed by atoms with E-state index >= 15 is 0 Å². The third-order valence-electron chi connectivity index (χ3n) is 8.49. The van der Waals surface area contributed by atoms with Crippen LogP contribution in [0.15, 0.2) is 72.8 Å². The molecule has 3 atom stereocenters. The average Bonchev–Trinajstić information content (AvgIpc) is 3.56. The zero-order chi connectivity index (χ0) is 32.0. The summed E-state index contributed by atoms with van der Waals surface area (Å²) in [5, 5.41) is 21.6. The van der Waals surface area contributed by atoms with Gasteiger partial charge in [0.05, 0.1) is 19.3 Å². The second-order valence-corrected chi connectivity index (χ2v) is 11.8. The van der Waals surface area contributed by atoms with E-state index in [1.807, 2.05) is 86.6 Å². The Bertz CT molecular complexity index is 1380. The van der Waals surface area contributed by atoms with Gasteiger partial charge in [0, 0.05) is 38.5 Å². The van der Waals surface area contributed by atoms with Gasteiger partial charge in [-0.1, -0.05) is 86.6 Å². The molecule has 3 aromatic rings. The monoisotopic (exact) mass is 616 g/mol. The van der Waals surface area contributed by atoms with Crippen LogP contribution in [-0.2, 0) is 32.1 Å². The van der Waals surface area contributed by atoms with E-state index in [0.29, 0.717) is 32.7 Å². The predicted octanol–water partition coefficient (Wildman–Crippen LogP) is 3.58. The number of aliphatic hydroxyl groups is 1. The van der Waals surface area contributed by atoms with E-state index in [1.54, 1.807) is 4.90 Å². The van der Waals surface area contributed by atoms with Crippen LogP contribution in [0.25, 0.3) is 10.8 Å². The minimum absolute atomic E-state index is 0.00858. The SMILES string of the molecule is CCC(CC)C(=O)N1CCCC1C(=O)N[C@H](Cc1ccc2ccccc2c1)C(=O)NCC(O)CNCCOCc1ccccc1. The summed E-state index contributed by atoms with van der Waals surface area (Å²) in [4.78, 5) is 41.9. The van der Waals surface area contributed by atoms with Crippen LogP contribution in [0.3, 0.4) is 0 Å². The van der Waals surface area contributed by atoms with E-state index in [4.69, 9.17) is 4.74 Å². The van der Waals surface area contributed by atoms with Gasteiger partial charge in [-0.05, 0) is 47.6 Å². The van der Waals surface area contributed by atoms with Crippen LogP contribution in [0.4, 0.5) is 0 Å². The van der Waals surface area contributed by atoms with Crippen LogP contribution in [0.1, 0.15) is 50.7 Å². The molecule has 242 valence electrons. The van der Waals surface area contributed by atoms with Crippen molar-refractivity contribution >= 4 is 28.5 Å². The number of fused-ring (bicyclic) bond motifs is 1. The van der Waals surface area contributed by atoms with Gasteiger partial charge in [-0.25, -0.2) is 0 Å². The molecule has 3 aromatic carbocycles. The maximum atomic E-state index is 13.6. The molecule has 1 saturated heterocycles. The normalized spacial score (nSPS) is 16.1. The summed E-state index contributed by atoms with van der Waals surface area (Å²) in [7, 11) is 0. The van der Waals surface area contributed by atoms with Crippen LogP contribution < -0.4 is 16.0 Å². The first kappa shape index (κ1) is 34.1. The fourth-order valence-corrected chi connectivity index (χ4v) is 5.85. The maximum Gasteiger partial charge on any atom is 0.243 e. The Labute approximate surface area is 266 Å². The highest BCUT2D eigenvalue weighted by Gasteiger charge is 2.37. The van der Waals surface area contributed by atoms with Crippen molar-refractivity contribution in [3.05, 3.63) is 83.9 Å². The lowest BCUT2D eigenvalue weighted by Crippen LogP contribution is -2.55. The van der Waals surface area contributed by atoms with Gasteiger partial charge < -0.3 is 30.7 Å². The quantitative estimate of drug-likeness (QED) is 0.172. The molecule has 1 heterocycles. The van der Waals surface area contributed by atoms with E-state index in [-0.39, 0.29) is 43.1 Å². The van der Waals surface area contributed by atoms with Crippen molar-refractivity contribution in [3.63, 3.8) is 0 Å². The lowest BCUT2D eigenvalue weighted by Gasteiger charge is -2.29. The Morgan fingerprint density at radius 2 is 1.67 bits per heavy atom. The van der Waals surface area contributed by atoms with Gasteiger partial charge in [-0.15, -0.1) is 0 Å². The van der Waals surface area contributed by atoms with Gasteiger partial charge in [0.1, 0.15) is 12.1 Å². The van der Waals surface area contributed by atoms with Crippen LogP contribution >= 0.6 is 0 Å². The number of nitrogens with one attached hydrogen (secondary N) is 3. The molecule has 9 nitrogen and oxygen atoms in total. The number of carbonyl (C=O) groups is 3. The highest BCUT2D eigenvalue weighted by atomic mass is 16.5. The molecular formula is C36H48N4O5. The number of ether oxygens (including phenoxy) is 1. The van der Waals surface area contributed by atoms with E-state index in [9.17, 15) is 19.5 Å². The molecule has 45 heavy (non-hydrogen) atoms. The maximum absolute atomic E-state index is 13.6. The zero-order valence-electron chi connectivity index (χ0n) is 26.5. The van der Waals surface area contributed by atoms with E-state index < -0.39 is 18.2 Å². The van der Waals surface area contributed by atoms with Crippen LogP contribution in [0.5, 0.6) is 0 Å². The molecule has 4 N–H and O–H groups in total. The summed E-state index contributed by atoms with van der Waals surface area (Å²) in [5.74, 6) is -0.794. The molecule has 0 radical (unpaired) electrons. The first-order valence-corrected chi connectivity index (χ1v) is 16.3. The predicted molar refractivity (Wildman–Crippen MR) is 176 cm³/mol. The van der Waals surface area contributed by atoms with Gasteiger partial charge in [-0.2, -0.15) is 0 Å². The zero-order valence-corrected chi connectivity index (χ0v) is 26.5. The van der Waals surface area contributed by atoms with Crippen LogP contribution in [0, 0.1) is 5.92 Å². The van der Waals surface area contributed by atoms with Gasteiger partial charge in [0.25, 0.3) is 0 Å². The van der Waals surface area contributed by atoms with Crippen molar-refractivity contribution in [1.82, 2.24) is 20.9 Å². The summed E-state index contributed by atoms with van der Waals surface area (Å²) in [6.07, 6.45) is 2.24. The Morgan fingerprint density at radius 3 is 2.42 bits per heavy atom. The van der Waals surface area contributed by atoms with Gasteiger partial charge in [0.15, 0.2) is 0 Å². The Morgan fingerprint density at radius 1 is 0.933 bits per heavy atom. The number of aliphatic hydroxyl groups excluding tert-OH is 1. The van der Waals surface area contributed by atoms with Gasteiger partial charge >= 0.3 is 0 Å². The van der Waals surface area contributed by atoms with Crippen molar-refractivity contribution < 1.29 is 24.2 Å². The molecule has 1 aliphatic heterocycles. The summed E-state index contributed by atoms with van der Waals surface area (Å²) in [6.45, 7) is 6.42. The molecule has 3 amide bonds. The minimum atomic E-state index is -0.865. The van der Waals surface area contributed by atoms with E-state index in [0.717, 1.165) is 41.2 Å². The lowest BCUT2D eigenvalue weighted by molar-refractivity contribution is -0.142. The Balaban J connectivity index is 1.33. The molecule has 0 aromatic heterocycles. The largest absolute Gasteiger partial charge is 0.390 e. The molecule has 0 aliphatic carbocycles. The standard InChI is InChI=1S/C36H48N4O5/c1-3-28(4-2)36(44)40-19-10-15-33(40)35(43)39-32(22-27-16-17-29-13-8-9-14-30(29)21-27)34(42)38-24-31(41)23-37-18-20-45-25-26-11-6-5-7-12-26/h5-9,11-14,16-17,21,28,31-33,37,41H,3-4,10,15,18-20,22-25H2,1-2H3,(H,38,42)(H,39,43)/t31?,32-,33?/m1/s1. The number of likely N-dealkylation sites (tertiary alicyclic amines) is 1. The first-order chi connectivity index (χ1) is 21.9. The Kier molecular flexibility index (Phi) is 13.4. The van der Waals surface area contributed by atoms with Gasteiger partial charge in [-0.3, -0.25) is 14.4 Å². The molecule has 0 bridgehead atoms. The molecule has 9 heteroatoms. The summed E-state index contributed by atoms with van der Waals surface area (Å²) < 4.78 is 5.66. The number of rotatable bonds is 17. The van der Waals surface area contributed by atoms with Crippen molar-refractivity contribution in [3.8, 4) is 0 Å². The molecule has 0 spiro atoms. The van der Waals surface area contributed by atoms with E-state index in [1.165, 1.54) is 0 Å². The molecule has 1 fully saturated rings. The first-order valence-electron chi connectivity index (χ1n) is 16.3. The Hall–Kier alpha value is -3.79. The highest BCUT2D eigenvalue weighted by molar-refractivity contribution is 5.93. The highest BCUT2D eigenvalue weighted by Crippen LogP contribution is 2.23. The average molecular weight is 617 g/mol. The van der Waals surface area contributed by atoms with Crippen molar-refractivity contribution in [2.45, 2.75) is 70.7 Å². The lowest BCUT2D eigenvalue weighted by atomic mass is 10.00. The second-order valence-electron chi connectivity index (χ2n) is 11.8. The number of amides is 3. The van der Waals surface area contributed by atoms with Crippen LogP contribution in [-0.4, -0.2) is 78.7 Å². The number of hydrogen-bond donors (Lipinski definition) is 4. The third kappa shape index (κ3) is 10.1. The minimum Gasteiger partial charge on any atom is -0.390 e. The summed E-state index contributed by atoms with van der Waals surface area (Å²) in [5.41, 5.74) is 2.01. The third-order valence-corrected chi connectivity index (χ3v) is 8.49. The number of benzene rings is 3. The second kappa shape index (κ2) is 17.6. The molecule has 1 aliphatic rings. The fourth-order valence-electron chi connectivity index (χ4n) is 5.85. The summed E-state index contributed by atoms with van der Waals surface area (Å²) in [6, 6.07) is 22.5. The molecule has 2 unspecified atom stereocenters. The molecular weight excluding hydrogens is 568 g/mol. The fraction of sp³-hybridized carbons (Fsp3) is 0.472. The van der Waals surface area contributed by atoms with E-state index in [2.05, 4.69) is 16.0 Å². The summed E-state index contributed by atoms with van der Waals surface area (Å²) >= 11 is 0.